The van der Waals surface area contributed by atoms with Crippen molar-refractivity contribution in [3.63, 3.8) is 0 Å². The summed E-state index contributed by atoms with van der Waals surface area (Å²) in [5.74, 6) is 0.899. The molecule has 0 spiro atoms. The van der Waals surface area contributed by atoms with Crippen molar-refractivity contribution in [1.82, 2.24) is 10.2 Å². The normalized spacial score (nSPS) is 20.4. The molecule has 1 aliphatic rings. The SMILES string of the molecule is CN1CCS(=O)(=O)CC1.CNCCS(C)(=O)=O. The van der Waals surface area contributed by atoms with E-state index in [0.717, 1.165) is 0 Å². The van der Waals surface area contributed by atoms with Gasteiger partial charge >= 0.3 is 0 Å². The highest BCUT2D eigenvalue weighted by Crippen LogP contribution is 1.99. The first-order valence-corrected chi connectivity index (χ1v) is 9.26. The van der Waals surface area contributed by atoms with E-state index in [-0.39, 0.29) is 5.75 Å². The lowest BCUT2D eigenvalue weighted by Crippen LogP contribution is -2.37. The molecule has 0 saturated carbocycles. The first kappa shape index (κ1) is 16.8. The minimum absolute atomic E-state index is 0.226. The molecule has 8 heteroatoms. The molecule has 0 radical (unpaired) electrons. The smallest absolute Gasteiger partial charge is 0.152 e. The third-order valence-electron chi connectivity index (χ3n) is 2.29. The Morgan fingerprint density at radius 3 is 1.94 bits per heavy atom. The maximum Gasteiger partial charge on any atom is 0.152 e. The molecule has 0 bridgehead atoms. The number of nitrogens with zero attached hydrogens (tertiary/aromatic N) is 1. The lowest BCUT2D eigenvalue weighted by atomic mass is 10.6. The molecule has 0 aromatic carbocycles. The van der Waals surface area contributed by atoms with Gasteiger partial charge in [0.05, 0.1) is 17.3 Å². The number of rotatable bonds is 3. The van der Waals surface area contributed by atoms with Crippen molar-refractivity contribution in [1.29, 1.82) is 0 Å². The second kappa shape index (κ2) is 7.30. The predicted molar refractivity (Wildman–Crippen MR) is 69.8 cm³/mol. The minimum Gasteiger partial charge on any atom is -0.319 e. The monoisotopic (exact) mass is 286 g/mol. The van der Waals surface area contributed by atoms with E-state index in [1.165, 1.54) is 6.26 Å². The topological polar surface area (TPSA) is 83.6 Å². The fraction of sp³-hybridized carbons (Fsp3) is 1.00. The van der Waals surface area contributed by atoms with Gasteiger partial charge in [-0.3, -0.25) is 0 Å². The zero-order chi connectivity index (χ0) is 13.5. The van der Waals surface area contributed by atoms with Crippen LogP contribution >= 0.6 is 0 Å². The molecule has 0 aliphatic carbocycles. The van der Waals surface area contributed by atoms with Crippen LogP contribution in [0.2, 0.25) is 0 Å². The Balaban J connectivity index is 0.000000304. The lowest BCUT2D eigenvalue weighted by molar-refractivity contribution is 0.360. The van der Waals surface area contributed by atoms with Gasteiger partial charge in [0.25, 0.3) is 0 Å². The average Bonchev–Trinajstić information content (AvgIpc) is 2.20. The molecule has 104 valence electrons. The van der Waals surface area contributed by atoms with Crippen LogP contribution in [0.4, 0.5) is 0 Å². The number of sulfone groups is 2. The van der Waals surface area contributed by atoms with E-state index in [1.54, 1.807) is 7.05 Å². The fourth-order valence-corrected chi connectivity index (χ4v) is 3.05. The standard InChI is InChI=1S/C5H11NO2S.C4H11NO2S/c1-6-2-4-9(7,8)5-3-6;1-5-3-4-8(2,6)7/h2-5H2,1H3;5H,3-4H2,1-2H3. The van der Waals surface area contributed by atoms with Crippen molar-refractivity contribution in [2.24, 2.45) is 0 Å². The first-order valence-electron chi connectivity index (χ1n) is 5.37. The summed E-state index contributed by atoms with van der Waals surface area (Å²) in [7, 11) is -1.74. The van der Waals surface area contributed by atoms with Gasteiger partial charge in [0.2, 0.25) is 0 Å². The van der Waals surface area contributed by atoms with Crippen molar-refractivity contribution in [2.75, 3.05) is 57.2 Å². The fourth-order valence-electron chi connectivity index (χ4n) is 1.09. The minimum atomic E-state index is -2.75. The van der Waals surface area contributed by atoms with Crippen molar-refractivity contribution in [3.8, 4) is 0 Å². The third-order valence-corrected chi connectivity index (χ3v) is 4.85. The molecule has 1 N–H and O–H groups in total. The quantitative estimate of drug-likeness (QED) is 0.687. The first-order chi connectivity index (χ1) is 7.66. The third kappa shape index (κ3) is 10.7. The Kier molecular flexibility index (Phi) is 7.22. The molecule has 1 saturated heterocycles. The maximum atomic E-state index is 10.8. The van der Waals surface area contributed by atoms with Crippen LogP contribution in [0.5, 0.6) is 0 Å². The van der Waals surface area contributed by atoms with Crippen LogP contribution in [-0.4, -0.2) is 79.0 Å². The molecule has 1 aliphatic heterocycles. The molecule has 0 aromatic heterocycles. The Morgan fingerprint density at radius 1 is 1.24 bits per heavy atom. The van der Waals surface area contributed by atoms with Gasteiger partial charge in [0.1, 0.15) is 9.84 Å². The van der Waals surface area contributed by atoms with Gasteiger partial charge in [0.15, 0.2) is 9.84 Å². The average molecular weight is 286 g/mol. The van der Waals surface area contributed by atoms with Crippen LogP contribution in [0.25, 0.3) is 0 Å². The highest BCUT2D eigenvalue weighted by atomic mass is 32.2. The van der Waals surface area contributed by atoms with E-state index in [9.17, 15) is 16.8 Å². The van der Waals surface area contributed by atoms with E-state index in [0.29, 0.717) is 31.1 Å². The van der Waals surface area contributed by atoms with Gasteiger partial charge < -0.3 is 10.2 Å². The van der Waals surface area contributed by atoms with Gasteiger partial charge in [-0.2, -0.15) is 0 Å². The van der Waals surface area contributed by atoms with Crippen LogP contribution in [0.15, 0.2) is 0 Å². The zero-order valence-electron chi connectivity index (χ0n) is 10.6. The number of hydrogen-bond acceptors (Lipinski definition) is 6. The lowest BCUT2D eigenvalue weighted by Gasteiger charge is -2.21. The molecule has 1 heterocycles. The Hall–Kier alpha value is -0.180. The second-order valence-electron chi connectivity index (χ2n) is 4.19. The van der Waals surface area contributed by atoms with Crippen LogP contribution in [0.1, 0.15) is 0 Å². The zero-order valence-corrected chi connectivity index (χ0v) is 12.3. The van der Waals surface area contributed by atoms with Crippen molar-refractivity contribution in [2.45, 2.75) is 0 Å². The van der Waals surface area contributed by atoms with Crippen LogP contribution < -0.4 is 5.32 Å². The summed E-state index contributed by atoms with van der Waals surface area (Å²) < 4.78 is 42.2. The molecule has 0 amide bonds. The molecule has 0 aromatic rings. The second-order valence-corrected chi connectivity index (χ2v) is 8.75. The molecular formula is C9H22N2O4S2. The molecular weight excluding hydrogens is 264 g/mol. The largest absolute Gasteiger partial charge is 0.319 e. The van der Waals surface area contributed by atoms with Crippen LogP contribution in [0, 0.1) is 0 Å². The molecule has 17 heavy (non-hydrogen) atoms. The van der Waals surface area contributed by atoms with E-state index >= 15 is 0 Å². The van der Waals surface area contributed by atoms with E-state index in [2.05, 4.69) is 5.32 Å². The summed E-state index contributed by atoms with van der Waals surface area (Å²) in [6.45, 7) is 1.93. The number of hydrogen-bond donors (Lipinski definition) is 1. The van der Waals surface area contributed by atoms with Gasteiger partial charge in [0, 0.05) is 25.9 Å². The Bertz CT molecular complexity index is 389. The van der Waals surface area contributed by atoms with Gasteiger partial charge in [-0.05, 0) is 14.1 Å². The maximum absolute atomic E-state index is 10.8. The van der Waals surface area contributed by atoms with Gasteiger partial charge in [-0.15, -0.1) is 0 Å². The van der Waals surface area contributed by atoms with Crippen LogP contribution in [0.3, 0.4) is 0 Å². The molecule has 1 fully saturated rings. The summed E-state index contributed by atoms with van der Waals surface area (Å²) >= 11 is 0. The number of nitrogens with one attached hydrogen (secondary N) is 1. The molecule has 0 atom stereocenters. The van der Waals surface area contributed by atoms with E-state index in [4.69, 9.17) is 0 Å². The van der Waals surface area contributed by atoms with Crippen molar-refractivity contribution >= 4 is 19.7 Å². The van der Waals surface area contributed by atoms with E-state index in [1.807, 2.05) is 11.9 Å². The summed E-state index contributed by atoms with van der Waals surface area (Å²) in [6.07, 6.45) is 1.23. The van der Waals surface area contributed by atoms with Crippen molar-refractivity contribution < 1.29 is 16.8 Å². The molecule has 0 unspecified atom stereocenters. The van der Waals surface area contributed by atoms with Gasteiger partial charge in [-0.25, -0.2) is 16.8 Å². The summed E-state index contributed by atoms with van der Waals surface area (Å²) in [5, 5.41) is 2.75. The van der Waals surface area contributed by atoms with Gasteiger partial charge in [-0.1, -0.05) is 0 Å². The summed E-state index contributed by atoms with van der Waals surface area (Å²) in [4.78, 5) is 2.03. The Morgan fingerprint density at radius 2 is 1.71 bits per heavy atom. The molecule has 6 nitrogen and oxygen atoms in total. The molecule has 1 rings (SSSR count). The highest BCUT2D eigenvalue weighted by Gasteiger charge is 2.17. The Labute approximate surface area is 104 Å². The van der Waals surface area contributed by atoms with Crippen molar-refractivity contribution in [3.05, 3.63) is 0 Å². The summed E-state index contributed by atoms with van der Waals surface area (Å²) in [5.41, 5.74) is 0. The predicted octanol–water partition coefficient (Wildman–Crippen LogP) is -1.40. The highest BCUT2D eigenvalue weighted by molar-refractivity contribution is 7.91. The van der Waals surface area contributed by atoms with Crippen LogP contribution in [-0.2, 0) is 19.7 Å². The van der Waals surface area contributed by atoms with E-state index < -0.39 is 19.7 Å². The summed E-state index contributed by atoms with van der Waals surface area (Å²) in [6, 6.07) is 0.